The van der Waals surface area contributed by atoms with Crippen molar-refractivity contribution in [2.45, 2.75) is 49.4 Å². The van der Waals surface area contributed by atoms with Gasteiger partial charge in [0.1, 0.15) is 11.4 Å². The molecular weight excluding hydrogens is 573 g/mol. The molecule has 1 aliphatic rings. The third-order valence-electron chi connectivity index (χ3n) is 6.40. The van der Waals surface area contributed by atoms with Crippen LogP contribution in [0.25, 0.3) is 0 Å². The van der Waals surface area contributed by atoms with Crippen LogP contribution in [0.3, 0.4) is 0 Å². The number of carbonyl (C=O) groups excluding carboxylic acids is 1. The van der Waals surface area contributed by atoms with E-state index >= 15 is 4.39 Å². The van der Waals surface area contributed by atoms with Gasteiger partial charge in [-0.25, -0.2) is 17.8 Å². The van der Waals surface area contributed by atoms with Gasteiger partial charge >= 0.3 is 12.4 Å². The molecular formula is C24H19F7N4O4S. The SMILES string of the molecule is Cc1c(Oc2nnc(C(F)(F)F)c(C)c2C(=O)Nc2cccc(S(C)(=O)=O)c2)ncc(C2(C(F)(F)F)CC2)c1F. The molecule has 4 rings (SSSR count). The van der Waals surface area contributed by atoms with E-state index in [0.29, 0.717) is 6.20 Å². The van der Waals surface area contributed by atoms with Crippen LogP contribution < -0.4 is 10.1 Å². The van der Waals surface area contributed by atoms with E-state index in [1.807, 2.05) is 0 Å². The normalized spacial score (nSPS) is 15.1. The highest BCUT2D eigenvalue weighted by molar-refractivity contribution is 7.90. The molecule has 3 aromatic rings. The highest BCUT2D eigenvalue weighted by Gasteiger charge is 2.65. The number of nitrogens with zero attached hydrogens (tertiary/aromatic N) is 3. The summed E-state index contributed by atoms with van der Waals surface area (Å²) in [6, 6.07) is 4.86. The molecule has 2 aromatic heterocycles. The molecule has 1 aromatic carbocycles. The Morgan fingerprint density at radius 3 is 2.23 bits per heavy atom. The highest BCUT2D eigenvalue weighted by atomic mass is 32.2. The Morgan fingerprint density at radius 1 is 1.02 bits per heavy atom. The van der Waals surface area contributed by atoms with Crippen molar-refractivity contribution < 1.29 is 48.7 Å². The summed E-state index contributed by atoms with van der Waals surface area (Å²) >= 11 is 0. The molecule has 0 saturated heterocycles. The van der Waals surface area contributed by atoms with Gasteiger partial charge in [-0.2, -0.15) is 26.3 Å². The number of hydrogen-bond donors (Lipinski definition) is 1. The first-order chi connectivity index (χ1) is 18.4. The van der Waals surface area contributed by atoms with Crippen LogP contribution in [0.4, 0.5) is 36.4 Å². The molecule has 1 N–H and O–H groups in total. The largest absolute Gasteiger partial charge is 0.435 e. The van der Waals surface area contributed by atoms with Crippen LogP contribution in [0.5, 0.6) is 11.8 Å². The van der Waals surface area contributed by atoms with Gasteiger partial charge in [-0.1, -0.05) is 6.07 Å². The van der Waals surface area contributed by atoms with Crippen LogP contribution in [-0.2, 0) is 21.4 Å². The lowest BCUT2D eigenvalue weighted by atomic mass is 9.95. The number of pyridine rings is 1. The van der Waals surface area contributed by atoms with Crippen LogP contribution in [0.15, 0.2) is 35.4 Å². The Morgan fingerprint density at radius 2 is 1.68 bits per heavy atom. The second-order valence-electron chi connectivity index (χ2n) is 9.20. The molecule has 0 spiro atoms. The lowest BCUT2D eigenvalue weighted by molar-refractivity contribution is -0.161. The monoisotopic (exact) mass is 592 g/mol. The summed E-state index contributed by atoms with van der Waals surface area (Å²) in [5.74, 6) is -4.00. The fourth-order valence-electron chi connectivity index (χ4n) is 4.04. The van der Waals surface area contributed by atoms with Gasteiger partial charge in [-0.15, -0.1) is 10.2 Å². The number of ether oxygens (including phenoxy) is 1. The number of rotatable bonds is 6. The van der Waals surface area contributed by atoms with Gasteiger partial charge in [-0.05, 0) is 50.5 Å². The van der Waals surface area contributed by atoms with E-state index in [-0.39, 0.29) is 23.4 Å². The van der Waals surface area contributed by atoms with E-state index in [1.54, 1.807) is 0 Å². The lowest BCUT2D eigenvalue weighted by Crippen LogP contribution is -2.30. The maximum absolute atomic E-state index is 15.1. The van der Waals surface area contributed by atoms with Crippen molar-refractivity contribution in [1.29, 1.82) is 0 Å². The molecule has 0 radical (unpaired) electrons. The van der Waals surface area contributed by atoms with Crippen molar-refractivity contribution in [1.82, 2.24) is 15.2 Å². The number of amides is 1. The van der Waals surface area contributed by atoms with Crippen LogP contribution in [-0.4, -0.2) is 41.9 Å². The number of hydrogen-bond acceptors (Lipinski definition) is 7. The smallest absolute Gasteiger partial charge is 0.418 e. The Balaban J connectivity index is 1.76. The number of anilines is 1. The van der Waals surface area contributed by atoms with Gasteiger partial charge in [0.2, 0.25) is 5.88 Å². The van der Waals surface area contributed by atoms with Gasteiger partial charge in [0.15, 0.2) is 15.5 Å². The number of sulfone groups is 1. The minimum atomic E-state index is -5.04. The number of aromatic nitrogens is 3. The molecule has 1 saturated carbocycles. The first-order valence-corrected chi connectivity index (χ1v) is 13.2. The average Bonchev–Trinajstić information content (AvgIpc) is 3.63. The zero-order valence-corrected chi connectivity index (χ0v) is 21.6. The maximum atomic E-state index is 15.1. The maximum Gasteiger partial charge on any atom is 0.435 e. The number of halogens is 7. The predicted molar refractivity (Wildman–Crippen MR) is 125 cm³/mol. The first-order valence-electron chi connectivity index (χ1n) is 11.3. The van der Waals surface area contributed by atoms with Crippen LogP contribution in [0.1, 0.15) is 45.6 Å². The van der Waals surface area contributed by atoms with Crippen molar-refractivity contribution >= 4 is 21.4 Å². The lowest BCUT2D eigenvalue weighted by Gasteiger charge is -2.21. The van der Waals surface area contributed by atoms with E-state index in [2.05, 4.69) is 20.5 Å². The Hall–Kier alpha value is -3.82. The van der Waals surface area contributed by atoms with Gasteiger partial charge in [0, 0.05) is 29.3 Å². The third kappa shape index (κ3) is 5.31. The number of nitrogens with one attached hydrogen (secondary N) is 1. The molecule has 16 heteroatoms. The van der Waals surface area contributed by atoms with Gasteiger partial charge in [0.05, 0.1) is 10.3 Å². The molecule has 214 valence electrons. The molecule has 0 bridgehead atoms. The van der Waals surface area contributed by atoms with E-state index in [9.17, 15) is 39.6 Å². The quantitative estimate of drug-likeness (QED) is 0.366. The minimum absolute atomic E-state index is 0.102. The third-order valence-corrected chi connectivity index (χ3v) is 7.51. The first kappa shape index (κ1) is 29.2. The molecule has 0 unspecified atom stereocenters. The minimum Gasteiger partial charge on any atom is -0.418 e. The second-order valence-corrected chi connectivity index (χ2v) is 11.2. The van der Waals surface area contributed by atoms with E-state index in [0.717, 1.165) is 26.2 Å². The zero-order chi connectivity index (χ0) is 29.8. The summed E-state index contributed by atoms with van der Waals surface area (Å²) in [4.78, 5) is 16.7. The molecule has 40 heavy (non-hydrogen) atoms. The molecule has 0 atom stereocenters. The van der Waals surface area contributed by atoms with Crippen molar-refractivity contribution in [3.05, 3.63) is 64.2 Å². The van der Waals surface area contributed by atoms with Gasteiger partial charge in [-0.3, -0.25) is 4.79 Å². The van der Waals surface area contributed by atoms with Crippen LogP contribution in [0, 0.1) is 19.7 Å². The van der Waals surface area contributed by atoms with Gasteiger partial charge in [0.25, 0.3) is 11.8 Å². The summed E-state index contributed by atoms with van der Waals surface area (Å²) in [6.07, 6.45) is -8.93. The summed E-state index contributed by atoms with van der Waals surface area (Å²) in [7, 11) is -3.70. The fourth-order valence-corrected chi connectivity index (χ4v) is 4.70. The van der Waals surface area contributed by atoms with Crippen molar-refractivity contribution in [2.24, 2.45) is 0 Å². The standard InChI is InChI=1S/C24H19F7N4O4S/c1-11-16(19(36)33-13-5-4-6-14(9-13)40(3,37)38)21(35-34-18(11)23(26,27)28)39-20-12(2)17(25)15(10-32-20)22(7-8-22)24(29,30)31/h4-6,9-10H,7-8H2,1-3H3,(H,33,36). The topological polar surface area (TPSA) is 111 Å². The molecule has 2 heterocycles. The van der Waals surface area contributed by atoms with Crippen LogP contribution in [0.2, 0.25) is 0 Å². The molecule has 1 amide bonds. The van der Waals surface area contributed by atoms with Crippen molar-refractivity contribution in [2.75, 3.05) is 11.6 Å². The number of carbonyl (C=O) groups is 1. The van der Waals surface area contributed by atoms with Crippen LogP contribution >= 0.6 is 0 Å². The van der Waals surface area contributed by atoms with E-state index in [4.69, 9.17) is 4.74 Å². The van der Waals surface area contributed by atoms with E-state index in [1.165, 1.54) is 18.2 Å². The summed E-state index contributed by atoms with van der Waals surface area (Å²) in [6.45, 7) is 1.95. The summed E-state index contributed by atoms with van der Waals surface area (Å²) < 4.78 is 125. The summed E-state index contributed by atoms with van der Waals surface area (Å²) in [5.41, 5.74) is -6.78. The Bertz CT molecular complexity index is 1620. The Labute approximate surface area is 222 Å². The number of benzene rings is 1. The molecule has 0 aliphatic heterocycles. The fraction of sp³-hybridized carbons (Fsp3) is 0.333. The highest BCUT2D eigenvalue weighted by Crippen LogP contribution is 2.59. The Kier molecular flexibility index (Phi) is 7.05. The van der Waals surface area contributed by atoms with Crippen molar-refractivity contribution in [3.63, 3.8) is 0 Å². The van der Waals surface area contributed by atoms with E-state index < -0.39 is 79.0 Å². The number of alkyl halides is 6. The predicted octanol–water partition coefficient (Wildman–Crippen LogP) is 5.69. The zero-order valence-electron chi connectivity index (χ0n) is 20.8. The molecule has 1 aliphatic carbocycles. The van der Waals surface area contributed by atoms with Gasteiger partial charge < -0.3 is 10.1 Å². The summed E-state index contributed by atoms with van der Waals surface area (Å²) in [5, 5.41) is 8.64. The molecule has 8 nitrogen and oxygen atoms in total. The average molecular weight is 592 g/mol. The van der Waals surface area contributed by atoms with Crippen molar-refractivity contribution in [3.8, 4) is 11.8 Å². The molecule has 1 fully saturated rings. The second kappa shape index (κ2) is 9.67.